The fraction of sp³-hybridized carbons (Fsp3) is 0.414. The Morgan fingerprint density at radius 2 is 1.53 bits per heavy atom. The van der Waals surface area contributed by atoms with Gasteiger partial charge in [-0.05, 0) is 66.4 Å². The van der Waals surface area contributed by atoms with Gasteiger partial charge in [0.25, 0.3) is 0 Å². The van der Waals surface area contributed by atoms with Gasteiger partial charge in [0.1, 0.15) is 23.0 Å². The second-order valence-electron chi connectivity index (χ2n) is 10.8. The number of benzene rings is 2. The van der Waals surface area contributed by atoms with Gasteiger partial charge in [-0.3, -0.25) is 4.99 Å². The average Bonchev–Trinajstić information content (AvgIpc) is 2.69. The van der Waals surface area contributed by atoms with Crippen molar-refractivity contribution in [3.63, 3.8) is 0 Å². The Morgan fingerprint density at radius 3 is 2.12 bits per heavy atom. The highest BCUT2D eigenvalue weighted by molar-refractivity contribution is 5.86. The monoisotopic (exact) mass is 431 g/mol. The van der Waals surface area contributed by atoms with E-state index in [1.807, 2.05) is 12.1 Å². The van der Waals surface area contributed by atoms with Gasteiger partial charge >= 0.3 is 0 Å². The number of ether oxygens (including phenoxy) is 1. The Balaban J connectivity index is 1.98. The van der Waals surface area contributed by atoms with Crippen LogP contribution in [-0.4, -0.2) is 11.3 Å². The molecule has 1 aliphatic rings. The summed E-state index contributed by atoms with van der Waals surface area (Å²) in [6.07, 6.45) is 7.84. The molecule has 2 aromatic rings. The minimum Gasteiger partial charge on any atom is -0.507 e. The molecule has 3 heteroatoms. The summed E-state index contributed by atoms with van der Waals surface area (Å²) in [5.41, 5.74) is 5.66. The molecule has 0 radical (unpaired) electrons. The number of para-hydroxylation sites is 1. The lowest BCUT2D eigenvalue weighted by molar-refractivity contribution is 0.423. The first-order valence-electron chi connectivity index (χ1n) is 11.4. The summed E-state index contributed by atoms with van der Waals surface area (Å²) >= 11 is 0. The van der Waals surface area contributed by atoms with E-state index in [2.05, 4.69) is 85.7 Å². The standard InChI is InChI=1S/C29H37NO2/c1-19-12-11-13-20(2)27(19)32-25-15-10-9-14-24(25)30-18-21-16-22(28(3,4)5)17-23(26(21)31)29(6,7)8/h11-18,31H,9-10H2,1-8H3. The molecule has 0 bridgehead atoms. The summed E-state index contributed by atoms with van der Waals surface area (Å²) in [5.74, 6) is 1.95. The number of nitrogens with zero attached hydrogens (tertiary/aromatic N) is 1. The van der Waals surface area contributed by atoms with Gasteiger partial charge in [0, 0.05) is 17.3 Å². The van der Waals surface area contributed by atoms with Crippen LogP contribution in [0.25, 0.3) is 0 Å². The van der Waals surface area contributed by atoms with Crippen molar-refractivity contribution in [1.29, 1.82) is 0 Å². The van der Waals surface area contributed by atoms with Crippen molar-refractivity contribution in [2.24, 2.45) is 4.99 Å². The van der Waals surface area contributed by atoms with E-state index in [1.54, 1.807) is 6.21 Å². The lowest BCUT2D eigenvalue weighted by atomic mass is 9.79. The lowest BCUT2D eigenvalue weighted by Gasteiger charge is -2.27. The number of hydrogen-bond acceptors (Lipinski definition) is 3. The van der Waals surface area contributed by atoms with Gasteiger partial charge in [-0.2, -0.15) is 0 Å². The van der Waals surface area contributed by atoms with E-state index < -0.39 is 0 Å². The van der Waals surface area contributed by atoms with Crippen LogP contribution in [0.15, 0.2) is 58.9 Å². The van der Waals surface area contributed by atoms with Crippen LogP contribution in [-0.2, 0) is 10.8 Å². The molecule has 0 aliphatic heterocycles. The molecular weight excluding hydrogens is 394 g/mol. The molecule has 170 valence electrons. The van der Waals surface area contributed by atoms with Crippen LogP contribution in [0.4, 0.5) is 0 Å². The molecule has 0 amide bonds. The summed E-state index contributed by atoms with van der Waals surface area (Å²) in [5, 5.41) is 11.1. The van der Waals surface area contributed by atoms with E-state index in [-0.39, 0.29) is 10.8 Å². The summed E-state index contributed by atoms with van der Waals surface area (Å²) in [4.78, 5) is 4.78. The van der Waals surface area contributed by atoms with E-state index >= 15 is 0 Å². The molecule has 1 N–H and O–H groups in total. The third kappa shape index (κ3) is 5.32. The first-order valence-corrected chi connectivity index (χ1v) is 11.4. The Bertz CT molecular complexity index is 1070. The fourth-order valence-corrected chi connectivity index (χ4v) is 3.82. The molecule has 1 aliphatic carbocycles. The number of aryl methyl sites for hydroxylation is 2. The van der Waals surface area contributed by atoms with Crippen LogP contribution in [0, 0.1) is 13.8 Å². The molecule has 0 aromatic heterocycles. The lowest BCUT2D eigenvalue weighted by Crippen LogP contribution is -2.17. The molecule has 0 saturated heterocycles. The number of aliphatic imine (C=N–C) groups is 1. The molecule has 3 nitrogen and oxygen atoms in total. The Hall–Kier alpha value is -2.81. The zero-order valence-corrected chi connectivity index (χ0v) is 20.8. The topological polar surface area (TPSA) is 41.8 Å². The van der Waals surface area contributed by atoms with E-state index in [0.717, 1.165) is 52.3 Å². The minimum atomic E-state index is -0.172. The molecule has 3 rings (SSSR count). The van der Waals surface area contributed by atoms with Gasteiger partial charge in [-0.1, -0.05) is 71.9 Å². The quantitative estimate of drug-likeness (QED) is 0.505. The van der Waals surface area contributed by atoms with E-state index in [9.17, 15) is 5.11 Å². The highest BCUT2D eigenvalue weighted by Gasteiger charge is 2.24. The molecular formula is C29H37NO2. The van der Waals surface area contributed by atoms with Crippen molar-refractivity contribution in [3.05, 3.63) is 81.8 Å². The van der Waals surface area contributed by atoms with Crippen LogP contribution in [0.2, 0.25) is 0 Å². The highest BCUT2D eigenvalue weighted by Crippen LogP contribution is 2.37. The van der Waals surface area contributed by atoms with Crippen molar-refractivity contribution in [3.8, 4) is 11.5 Å². The van der Waals surface area contributed by atoms with Crippen molar-refractivity contribution in [1.82, 2.24) is 0 Å². The summed E-state index contributed by atoms with van der Waals surface area (Å²) in [6.45, 7) is 17.1. The van der Waals surface area contributed by atoms with Gasteiger partial charge in [-0.25, -0.2) is 0 Å². The second-order valence-corrected chi connectivity index (χ2v) is 10.8. The molecule has 0 unspecified atom stereocenters. The SMILES string of the molecule is Cc1cccc(C)c1OC1=CCCC=C1N=Cc1cc(C(C)(C)C)cc(C(C)(C)C)c1O. The first-order chi connectivity index (χ1) is 14.9. The summed E-state index contributed by atoms with van der Waals surface area (Å²) < 4.78 is 6.32. The zero-order chi connectivity index (χ0) is 23.7. The molecule has 0 fully saturated rings. The van der Waals surface area contributed by atoms with Crippen molar-refractivity contribution in [2.75, 3.05) is 0 Å². The van der Waals surface area contributed by atoms with Crippen LogP contribution in [0.3, 0.4) is 0 Å². The smallest absolute Gasteiger partial charge is 0.148 e. The Labute approximate surface area is 193 Å². The molecule has 2 aromatic carbocycles. The predicted molar refractivity (Wildman–Crippen MR) is 135 cm³/mol. The number of allylic oxidation sites excluding steroid dienone is 2. The van der Waals surface area contributed by atoms with Gasteiger partial charge in [-0.15, -0.1) is 0 Å². The maximum atomic E-state index is 11.1. The molecule has 0 saturated carbocycles. The van der Waals surface area contributed by atoms with Gasteiger partial charge in [0.2, 0.25) is 0 Å². The van der Waals surface area contributed by atoms with E-state index in [1.165, 1.54) is 5.56 Å². The highest BCUT2D eigenvalue weighted by atomic mass is 16.5. The summed E-state index contributed by atoms with van der Waals surface area (Å²) in [6, 6.07) is 10.3. The number of aromatic hydroxyl groups is 1. The maximum Gasteiger partial charge on any atom is 0.148 e. The van der Waals surface area contributed by atoms with Crippen molar-refractivity contribution >= 4 is 6.21 Å². The van der Waals surface area contributed by atoms with Crippen LogP contribution in [0.5, 0.6) is 11.5 Å². The number of rotatable bonds is 4. The van der Waals surface area contributed by atoms with E-state index in [4.69, 9.17) is 9.73 Å². The largest absolute Gasteiger partial charge is 0.507 e. The molecule has 0 heterocycles. The van der Waals surface area contributed by atoms with Gasteiger partial charge in [0.05, 0.1) is 0 Å². The van der Waals surface area contributed by atoms with Crippen LogP contribution >= 0.6 is 0 Å². The molecule has 0 spiro atoms. The second kappa shape index (κ2) is 8.97. The number of phenolic OH excluding ortho intramolecular Hbond substituents is 1. The van der Waals surface area contributed by atoms with E-state index in [0.29, 0.717) is 5.75 Å². The third-order valence-electron chi connectivity index (χ3n) is 5.86. The third-order valence-corrected chi connectivity index (χ3v) is 5.86. The van der Waals surface area contributed by atoms with Gasteiger partial charge in [0.15, 0.2) is 0 Å². The van der Waals surface area contributed by atoms with Gasteiger partial charge < -0.3 is 9.84 Å². The fourth-order valence-electron chi connectivity index (χ4n) is 3.82. The van der Waals surface area contributed by atoms with Crippen molar-refractivity contribution < 1.29 is 9.84 Å². The normalized spacial score (nSPS) is 15.0. The van der Waals surface area contributed by atoms with Crippen molar-refractivity contribution in [2.45, 2.75) is 79.1 Å². The Morgan fingerprint density at radius 1 is 0.906 bits per heavy atom. The average molecular weight is 432 g/mol. The number of hydrogen-bond donors (Lipinski definition) is 1. The Kier molecular flexibility index (Phi) is 6.69. The molecule has 0 atom stereocenters. The summed E-state index contributed by atoms with van der Waals surface area (Å²) in [7, 11) is 0. The maximum absolute atomic E-state index is 11.1. The van der Waals surface area contributed by atoms with Crippen LogP contribution < -0.4 is 4.74 Å². The zero-order valence-electron chi connectivity index (χ0n) is 20.8. The predicted octanol–water partition coefficient (Wildman–Crippen LogP) is 7.66. The minimum absolute atomic E-state index is 0.0308. The number of phenols is 1. The molecule has 32 heavy (non-hydrogen) atoms. The van der Waals surface area contributed by atoms with Crippen LogP contribution in [0.1, 0.15) is 82.2 Å². The first kappa shape index (κ1) is 23.8.